The van der Waals surface area contributed by atoms with E-state index in [-0.39, 0.29) is 6.54 Å². The molecule has 1 aliphatic heterocycles. The first kappa shape index (κ1) is 26.1. The largest absolute Gasteiger partial charge is 0.362 e. The predicted molar refractivity (Wildman–Crippen MR) is 153 cm³/mol. The molecule has 0 aliphatic carbocycles. The second-order valence-electron chi connectivity index (χ2n) is 9.73. The maximum atomic E-state index is 14.1. The molecule has 1 aliphatic rings. The summed E-state index contributed by atoms with van der Waals surface area (Å²) in [6.45, 7) is 4.63. The van der Waals surface area contributed by atoms with Crippen molar-refractivity contribution in [3.8, 4) is 0 Å². The van der Waals surface area contributed by atoms with Crippen LogP contribution < -0.4 is 0 Å². The first-order chi connectivity index (χ1) is 18.5. The van der Waals surface area contributed by atoms with Crippen molar-refractivity contribution >= 4 is 15.6 Å². The van der Waals surface area contributed by atoms with E-state index in [4.69, 9.17) is 4.74 Å². The maximum absolute atomic E-state index is 14.1. The quantitative estimate of drug-likeness (QED) is 0.238. The highest BCUT2D eigenvalue weighted by molar-refractivity contribution is 7.89. The van der Waals surface area contributed by atoms with Gasteiger partial charge >= 0.3 is 0 Å². The van der Waals surface area contributed by atoms with Crippen molar-refractivity contribution in [1.29, 1.82) is 0 Å². The fraction of sp³-hybridized carbons (Fsp3) is 0.212. The molecule has 0 saturated carbocycles. The van der Waals surface area contributed by atoms with Crippen LogP contribution in [0.3, 0.4) is 0 Å². The predicted octanol–water partition coefficient (Wildman–Crippen LogP) is 6.97. The van der Waals surface area contributed by atoms with Gasteiger partial charge in [-0.3, -0.25) is 0 Å². The molecular weight excluding hydrogens is 490 g/mol. The molecule has 194 valence electrons. The average Bonchev–Trinajstić information content (AvgIpc) is 2.94. The molecule has 4 aromatic carbocycles. The minimum atomic E-state index is -3.79. The number of rotatable bonds is 9. The Kier molecular flexibility index (Phi) is 7.61. The van der Waals surface area contributed by atoms with Crippen LogP contribution in [0.4, 0.5) is 0 Å². The fourth-order valence-electron chi connectivity index (χ4n) is 5.21. The maximum Gasteiger partial charge on any atom is 0.243 e. The molecular formula is C33H33NO3S. The van der Waals surface area contributed by atoms with Crippen LogP contribution in [-0.2, 0) is 27.0 Å². The van der Waals surface area contributed by atoms with Gasteiger partial charge in [-0.15, -0.1) is 0 Å². The van der Waals surface area contributed by atoms with Gasteiger partial charge < -0.3 is 4.74 Å². The van der Waals surface area contributed by atoms with Crippen molar-refractivity contribution in [3.05, 3.63) is 144 Å². The van der Waals surface area contributed by atoms with E-state index in [0.717, 1.165) is 34.2 Å². The van der Waals surface area contributed by atoms with Crippen LogP contribution in [0.25, 0.3) is 5.57 Å². The third-order valence-corrected chi connectivity index (χ3v) is 9.00. The lowest BCUT2D eigenvalue weighted by Crippen LogP contribution is -2.70. The van der Waals surface area contributed by atoms with Crippen molar-refractivity contribution in [1.82, 2.24) is 4.31 Å². The van der Waals surface area contributed by atoms with Crippen LogP contribution in [0.15, 0.2) is 126 Å². The molecule has 5 rings (SSSR count). The molecule has 1 fully saturated rings. The number of ether oxygens (including phenoxy) is 1. The lowest BCUT2D eigenvalue weighted by atomic mass is 9.73. The summed E-state index contributed by atoms with van der Waals surface area (Å²) in [5.41, 5.74) is 4.12. The summed E-state index contributed by atoms with van der Waals surface area (Å²) < 4.78 is 36.7. The van der Waals surface area contributed by atoms with Crippen LogP contribution in [0.2, 0.25) is 0 Å². The van der Waals surface area contributed by atoms with Gasteiger partial charge in [0.25, 0.3) is 0 Å². The van der Waals surface area contributed by atoms with Gasteiger partial charge in [0.15, 0.2) is 0 Å². The highest BCUT2D eigenvalue weighted by Crippen LogP contribution is 2.50. The van der Waals surface area contributed by atoms with Gasteiger partial charge in [0.05, 0.1) is 24.1 Å². The van der Waals surface area contributed by atoms with Gasteiger partial charge in [-0.2, -0.15) is 4.31 Å². The molecule has 38 heavy (non-hydrogen) atoms. The zero-order valence-electron chi connectivity index (χ0n) is 21.8. The molecule has 0 aromatic heterocycles. The number of allylic oxidation sites excluding steroid dienone is 1. The van der Waals surface area contributed by atoms with Crippen molar-refractivity contribution in [2.75, 3.05) is 6.54 Å². The summed E-state index contributed by atoms with van der Waals surface area (Å²) in [7, 11) is -3.79. The fourth-order valence-corrected chi connectivity index (χ4v) is 6.88. The second kappa shape index (κ2) is 11.1. The third-order valence-electron chi connectivity index (χ3n) is 7.18. The van der Waals surface area contributed by atoms with E-state index in [1.807, 2.05) is 110 Å². The first-order valence-electron chi connectivity index (χ1n) is 13.0. The van der Waals surface area contributed by atoms with E-state index in [9.17, 15) is 8.42 Å². The Hall–Kier alpha value is -3.51. The Labute approximate surface area is 226 Å². The molecule has 2 atom stereocenters. The summed E-state index contributed by atoms with van der Waals surface area (Å²) >= 11 is 0. The molecule has 0 radical (unpaired) electrons. The van der Waals surface area contributed by atoms with Crippen molar-refractivity contribution in [2.24, 2.45) is 0 Å². The number of sulfonamides is 1. The topological polar surface area (TPSA) is 46.6 Å². The Bertz CT molecular complexity index is 1480. The van der Waals surface area contributed by atoms with Gasteiger partial charge in [-0.1, -0.05) is 122 Å². The molecule has 0 amide bonds. The highest BCUT2D eigenvalue weighted by atomic mass is 32.2. The van der Waals surface area contributed by atoms with Crippen LogP contribution in [0.5, 0.6) is 0 Å². The minimum absolute atomic E-state index is 0.221. The number of nitrogens with zero attached hydrogens (tertiary/aromatic N) is 1. The van der Waals surface area contributed by atoms with E-state index in [1.54, 1.807) is 16.4 Å². The van der Waals surface area contributed by atoms with Gasteiger partial charge in [0.2, 0.25) is 10.0 Å². The number of benzene rings is 4. The molecule has 0 unspecified atom stereocenters. The zero-order valence-corrected chi connectivity index (χ0v) is 22.6. The Morgan fingerprint density at radius 1 is 0.868 bits per heavy atom. The summed E-state index contributed by atoms with van der Waals surface area (Å²) in [5.74, 6) is 0. The van der Waals surface area contributed by atoms with E-state index in [1.165, 1.54) is 0 Å². The monoisotopic (exact) mass is 523 g/mol. The second-order valence-corrected chi connectivity index (χ2v) is 11.6. The molecule has 0 bridgehead atoms. The minimum Gasteiger partial charge on any atom is -0.362 e. The summed E-state index contributed by atoms with van der Waals surface area (Å²) in [4.78, 5) is 0.293. The normalized spacial score (nSPS) is 20.2. The van der Waals surface area contributed by atoms with Crippen LogP contribution in [-0.4, -0.2) is 25.3 Å². The molecule has 5 heteroatoms. The molecule has 0 spiro atoms. The van der Waals surface area contributed by atoms with E-state index < -0.39 is 21.7 Å². The summed E-state index contributed by atoms with van der Waals surface area (Å²) in [5, 5.41) is 0. The SMILES string of the molecule is CC/C=C(\c1ccccc1)[C@@H]1N(S(=O)(=O)c2ccc(C)cc2)C[C@]1(OCc1ccccc1)c1ccccc1. The number of hydrogen-bond acceptors (Lipinski definition) is 3. The summed E-state index contributed by atoms with van der Waals surface area (Å²) in [6, 6.07) is 36.7. The molecule has 4 aromatic rings. The average molecular weight is 524 g/mol. The Morgan fingerprint density at radius 3 is 2.05 bits per heavy atom. The highest BCUT2D eigenvalue weighted by Gasteiger charge is 2.60. The molecule has 1 heterocycles. The molecule has 1 saturated heterocycles. The zero-order chi connectivity index (χ0) is 26.6. The number of aryl methyl sites for hydroxylation is 1. The lowest BCUT2D eigenvalue weighted by Gasteiger charge is -2.57. The Balaban J connectivity index is 1.66. The first-order valence-corrected chi connectivity index (χ1v) is 14.5. The number of hydrogen-bond donors (Lipinski definition) is 0. The standard InChI is InChI=1S/C33H33NO3S/c1-3-13-31(28-16-9-5-10-17-28)32-33(29-18-11-6-12-19-29,37-24-27-14-7-4-8-15-27)25-34(32)38(35,36)30-22-20-26(2)21-23-30/h4-23,32H,3,24-25H2,1-2H3/b31-13+/t32-,33-/m0/s1. The molecule has 4 nitrogen and oxygen atoms in total. The third kappa shape index (κ3) is 4.97. The van der Waals surface area contributed by atoms with E-state index in [2.05, 4.69) is 13.0 Å². The van der Waals surface area contributed by atoms with Gasteiger partial charge in [-0.25, -0.2) is 8.42 Å². The van der Waals surface area contributed by atoms with Crippen molar-refractivity contribution < 1.29 is 13.2 Å². The molecule has 0 N–H and O–H groups in total. The Morgan fingerprint density at radius 2 is 1.45 bits per heavy atom. The van der Waals surface area contributed by atoms with Gasteiger partial charge in [0, 0.05) is 0 Å². The van der Waals surface area contributed by atoms with Crippen molar-refractivity contribution in [3.63, 3.8) is 0 Å². The van der Waals surface area contributed by atoms with Crippen molar-refractivity contribution in [2.45, 2.75) is 43.4 Å². The lowest BCUT2D eigenvalue weighted by molar-refractivity contribution is -0.155. The van der Waals surface area contributed by atoms with Crippen LogP contribution in [0.1, 0.15) is 35.6 Å². The van der Waals surface area contributed by atoms with Gasteiger partial charge in [0.1, 0.15) is 5.60 Å². The van der Waals surface area contributed by atoms with E-state index >= 15 is 0 Å². The van der Waals surface area contributed by atoms with Crippen LogP contribution >= 0.6 is 0 Å². The van der Waals surface area contributed by atoms with Gasteiger partial charge in [-0.05, 0) is 47.7 Å². The summed E-state index contributed by atoms with van der Waals surface area (Å²) in [6.07, 6.45) is 2.91. The van der Waals surface area contributed by atoms with Crippen LogP contribution in [0, 0.1) is 6.92 Å². The smallest absolute Gasteiger partial charge is 0.243 e. The van der Waals surface area contributed by atoms with E-state index in [0.29, 0.717) is 11.5 Å².